The van der Waals surface area contributed by atoms with Crippen molar-refractivity contribution in [3.8, 4) is 0 Å². The number of benzene rings is 1. The largest absolute Gasteiger partial charge is 0.394 e. The Kier molecular flexibility index (Phi) is 4.46. The van der Waals surface area contributed by atoms with Crippen LogP contribution in [0.2, 0.25) is 5.02 Å². The molecule has 3 N–H and O–H groups in total. The molecule has 3 amide bonds. The van der Waals surface area contributed by atoms with E-state index in [0.29, 0.717) is 18.0 Å². The maximum atomic E-state index is 12.5. The van der Waals surface area contributed by atoms with Gasteiger partial charge in [-0.15, -0.1) is 0 Å². The molecule has 2 aliphatic rings. The summed E-state index contributed by atoms with van der Waals surface area (Å²) in [6, 6.07) is 6.15. The molecule has 2 fully saturated rings. The molecule has 3 rings (SSSR count). The third-order valence-electron chi connectivity index (χ3n) is 4.62. The van der Waals surface area contributed by atoms with E-state index in [1.165, 1.54) is 0 Å². The molecule has 0 spiro atoms. The van der Waals surface area contributed by atoms with Gasteiger partial charge < -0.3 is 20.6 Å². The summed E-state index contributed by atoms with van der Waals surface area (Å²) >= 11 is 5.96. The Hall–Kier alpha value is -1.79. The molecule has 1 saturated heterocycles. The van der Waals surface area contributed by atoms with Crippen LogP contribution in [0.3, 0.4) is 0 Å². The average molecular weight is 338 g/mol. The predicted molar refractivity (Wildman–Crippen MR) is 87.5 cm³/mol. The lowest BCUT2D eigenvalue weighted by atomic mass is 9.77. The minimum atomic E-state index is -0.551. The van der Waals surface area contributed by atoms with Crippen LogP contribution >= 0.6 is 11.6 Å². The first-order valence-electron chi connectivity index (χ1n) is 7.79. The molecule has 1 aromatic carbocycles. The number of halogens is 1. The number of carbonyl (C=O) groups is 2. The normalized spacial score (nSPS) is 22.6. The van der Waals surface area contributed by atoms with Gasteiger partial charge in [-0.1, -0.05) is 17.7 Å². The Morgan fingerprint density at radius 3 is 2.83 bits per heavy atom. The third kappa shape index (κ3) is 3.28. The van der Waals surface area contributed by atoms with Gasteiger partial charge in [0.1, 0.15) is 6.04 Å². The second-order valence-corrected chi connectivity index (χ2v) is 6.64. The third-order valence-corrected chi connectivity index (χ3v) is 4.86. The SMILES string of the molecule is O=C(NC1CCN(c2cccc(Cl)c2)C1=O)NC1(CO)CCC1. The zero-order valence-corrected chi connectivity index (χ0v) is 13.5. The quantitative estimate of drug-likeness (QED) is 0.781. The first kappa shape index (κ1) is 16.1. The fourth-order valence-electron chi connectivity index (χ4n) is 3.08. The van der Waals surface area contributed by atoms with E-state index in [2.05, 4.69) is 10.6 Å². The number of hydrogen-bond acceptors (Lipinski definition) is 3. The number of urea groups is 1. The Morgan fingerprint density at radius 1 is 1.43 bits per heavy atom. The van der Waals surface area contributed by atoms with Crippen LogP contribution < -0.4 is 15.5 Å². The van der Waals surface area contributed by atoms with Crippen LogP contribution in [-0.4, -0.2) is 41.8 Å². The summed E-state index contributed by atoms with van der Waals surface area (Å²) in [5.41, 5.74) is 0.219. The molecule has 0 aromatic heterocycles. The average Bonchev–Trinajstić information content (AvgIpc) is 2.84. The van der Waals surface area contributed by atoms with Gasteiger partial charge in [-0.25, -0.2) is 4.79 Å². The van der Waals surface area contributed by atoms with Gasteiger partial charge in [-0.05, 0) is 43.9 Å². The van der Waals surface area contributed by atoms with Crippen molar-refractivity contribution in [2.75, 3.05) is 18.1 Å². The molecule has 1 heterocycles. The van der Waals surface area contributed by atoms with Crippen LogP contribution in [0.1, 0.15) is 25.7 Å². The summed E-state index contributed by atoms with van der Waals surface area (Å²) in [5, 5.41) is 15.5. The second-order valence-electron chi connectivity index (χ2n) is 6.20. The van der Waals surface area contributed by atoms with E-state index in [1.54, 1.807) is 23.1 Å². The lowest BCUT2D eigenvalue weighted by Gasteiger charge is -2.41. The standard InChI is InChI=1S/C16H20ClN3O3/c17-11-3-1-4-12(9-11)20-8-5-13(14(20)22)18-15(23)19-16(10-21)6-2-7-16/h1,3-4,9,13,21H,2,5-8,10H2,(H2,18,19,23). The summed E-state index contributed by atoms with van der Waals surface area (Å²) in [4.78, 5) is 26.2. The molecular weight excluding hydrogens is 318 g/mol. The van der Waals surface area contributed by atoms with E-state index >= 15 is 0 Å². The second kappa shape index (κ2) is 6.37. The number of hydrogen-bond donors (Lipinski definition) is 3. The molecule has 23 heavy (non-hydrogen) atoms. The van der Waals surface area contributed by atoms with Crippen molar-refractivity contribution < 1.29 is 14.7 Å². The molecule has 0 radical (unpaired) electrons. The molecule has 124 valence electrons. The summed E-state index contributed by atoms with van der Waals surface area (Å²) < 4.78 is 0. The van der Waals surface area contributed by atoms with Crippen molar-refractivity contribution in [2.24, 2.45) is 0 Å². The summed E-state index contributed by atoms with van der Waals surface area (Å²) in [7, 11) is 0. The van der Waals surface area contributed by atoms with Gasteiger partial charge in [0.25, 0.3) is 0 Å². The maximum absolute atomic E-state index is 12.5. The van der Waals surface area contributed by atoms with Crippen LogP contribution in [0.4, 0.5) is 10.5 Å². The van der Waals surface area contributed by atoms with Gasteiger partial charge in [-0.3, -0.25) is 4.79 Å². The van der Waals surface area contributed by atoms with Gasteiger partial charge in [0.15, 0.2) is 0 Å². The Labute approximate surface area is 139 Å². The monoisotopic (exact) mass is 337 g/mol. The number of rotatable bonds is 4. The van der Waals surface area contributed by atoms with E-state index < -0.39 is 17.6 Å². The minimum Gasteiger partial charge on any atom is -0.394 e. The molecule has 1 unspecified atom stereocenters. The number of carbonyl (C=O) groups excluding carboxylic acids is 2. The molecular formula is C16H20ClN3O3. The smallest absolute Gasteiger partial charge is 0.315 e. The predicted octanol–water partition coefficient (Wildman–Crippen LogP) is 1.66. The number of nitrogens with zero attached hydrogens (tertiary/aromatic N) is 1. The van der Waals surface area contributed by atoms with Gasteiger partial charge in [0.2, 0.25) is 5.91 Å². The highest BCUT2D eigenvalue weighted by molar-refractivity contribution is 6.31. The lowest BCUT2D eigenvalue weighted by Crippen LogP contribution is -2.60. The van der Waals surface area contributed by atoms with Crippen molar-refractivity contribution in [1.82, 2.24) is 10.6 Å². The van der Waals surface area contributed by atoms with E-state index in [-0.39, 0.29) is 12.5 Å². The van der Waals surface area contributed by atoms with Gasteiger partial charge in [0, 0.05) is 17.3 Å². The number of anilines is 1. The van der Waals surface area contributed by atoms with Crippen molar-refractivity contribution in [3.05, 3.63) is 29.3 Å². The molecule has 1 atom stereocenters. The van der Waals surface area contributed by atoms with Crippen LogP contribution in [0.15, 0.2) is 24.3 Å². The van der Waals surface area contributed by atoms with E-state index in [9.17, 15) is 14.7 Å². The number of amides is 3. The Morgan fingerprint density at radius 2 is 2.22 bits per heavy atom. The van der Waals surface area contributed by atoms with Crippen LogP contribution in [0.25, 0.3) is 0 Å². The molecule has 1 saturated carbocycles. The minimum absolute atomic E-state index is 0.0757. The highest BCUT2D eigenvalue weighted by Crippen LogP contribution is 2.31. The highest BCUT2D eigenvalue weighted by atomic mass is 35.5. The van der Waals surface area contributed by atoms with Crippen molar-refractivity contribution >= 4 is 29.2 Å². The number of aliphatic hydroxyl groups is 1. The molecule has 1 aliphatic carbocycles. The molecule has 6 nitrogen and oxygen atoms in total. The van der Waals surface area contributed by atoms with Gasteiger partial charge >= 0.3 is 6.03 Å². The first-order valence-corrected chi connectivity index (χ1v) is 8.17. The Bertz CT molecular complexity index is 613. The molecule has 1 aliphatic heterocycles. The van der Waals surface area contributed by atoms with E-state index in [1.807, 2.05) is 6.07 Å². The van der Waals surface area contributed by atoms with E-state index in [4.69, 9.17) is 11.6 Å². The summed E-state index contributed by atoms with van der Waals surface area (Å²) in [6.45, 7) is 0.461. The molecule has 7 heteroatoms. The van der Waals surface area contributed by atoms with Gasteiger partial charge in [-0.2, -0.15) is 0 Å². The maximum Gasteiger partial charge on any atom is 0.315 e. The van der Waals surface area contributed by atoms with Crippen LogP contribution in [0, 0.1) is 0 Å². The van der Waals surface area contributed by atoms with Crippen molar-refractivity contribution in [3.63, 3.8) is 0 Å². The zero-order chi connectivity index (χ0) is 16.4. The fourth-order valence-corrected chi connectivity index (χ4v) is 3.26. The number of nitrogens with one attached hydrogen (secondary N) is 2. The Balaban J connectivity index is 1.60. The van der Waals surface area contributed by atoms with Crippen LogP contribution in [-0.2, 0) is 4.79 Å². The summed E-state index contributed by atoms with van der Waals surface area (Å²) in [5.74, 6) is -0.144. The zero-order valence-electron chi connectivity index (χ0n) is 12.7. The van der Waals surface area contributed by atoms with Crippen molar-refractivity contribution in [1.29, 1.82) is 0 Å². The topological polar surface area (TPSA) is 81.7 Å². The van der Waals surface area contributed by atoms with Crippen molar-refractivity contribution in [2.45, 2.75) is 37.3 Å². The van der Waals surface area contributed by atoms with Crippen LogP contribution in [0.5, 0.6) is 0 Å². The first-order chi connectivity index (χ1) is 11.0. The highest BCUT2D eigenvalue weighted by Gasteiger charge is 2.39. The summed E-state index contributed by atoms with van der Waals surface area (Å²) in [6.07, 6.45) is 3.07. The molecule has 0 bridgehead atoms. The number of aliphatic hydroxyl groups excluding tert-OH is 1. The van der Waals surface area contributed by atoms with E-state index in [0.717, 1.165) is 24.9 Å². The van der Waals surface area contributed by atoms with Gasteiger partial charge in [0.05, 0.1) is 12.1 Å². The lowest BCUT2D eigenvalue weighted by molar-refractivity contribution is -0.118. The molecule has 1 aromatic rings. The fraction of sp³-hybridized carbons (Fsp3) is 0.500.